The van der Waals surface area contributed by atoms with Gasteiger partial charge in [-0.05, 0) is 42.3 Å². The highest BCUT2D eigenvalue weighted by Gasteiger charge is 2.24. The van der Waals surface area contributed by atoms with Crippen LogP contribution in [0.1, 0.15) is 24.0 Å². The molecule has 0 radical (unpaired) electrons. The summed E-state index contributed by atoms with van der Waals surface area (Å²) in [5.41, 5.74) is 6.65. The molecule has 3 aromatic carbocycles. The molecule has 0 aliphatic heterocycles. The Kier molecular flexibility index (Phi) is 7.05. The second-order valence-electron chi connectivity index (χ2n) is 6.67. The van der Waals surface area contributed by atoms with E-state index in [0.717, 1.165) is 11.1 Å². The Labute approximate surface area is 175 Å². The maximum Gasteiger partial charge on any atom is 0.279 e. The maximum absolute atomic E-state index is 12.9. The summed E-state index contributed by atoms with van der Waals surface area (Å²) >= 11 is 0. The van der Waals surface area contributed by atoms with Crippen LogP contribution in [-0.2, 0) is 9.59 Å². The summed E-state index contributed by atoms with van der Waals surface area (Å²) < 4.78 is 10.7. The first-order valence-electron chi connectivity index (χ1n) is 9.59. The Balaban J connectivity index is 1.63. The summed E-state index contributed by atoms with van der Waals surface area (Å²) in [5, 5.41) is 0. The molecule has 0 spiro atoms. The third kappa shape index (κ3) is 5.38. The molecule has 0 saturated carbocycles. The van der Waals surface area contributed by atoms with E-state index in [1.807, 2.05) is 60.7 Å². The van der Waals surface area contributed by atoms with Gasteiger partial charge in [0.15, 0.2) is 6.10 Å². The lowest BCUT2D eigenvalue weighted by atomic mass is 9.91. The van der Waals surface area contributed by atoms with Gasteiger partial charge in [0, 0.05) is 0 Å². The number of nitrogens with one attached hydrogen (secondary N) is 2. The zero-order chi connectivity index (χ0) is 21.3. The molecule has 1 atom stereocenters. The number of hydrogen-bond donors (Lipinski definition) is 2. The molecule has 0 saturated heterocycles. The second-order valence-corrected chi connectivity index (χ2v) is 6.67. The van der Waals surface area contributed by atoms with Crippen molar-refractivity contribution >= 4 is 11.8 Å². The molecular weight excluding hydrogens is 380 g/mol. The summed E-state index contributed by atoms with van der Waals surface area (Å²) in [5.74, 6) is -0.127. The smallest absolute Gasteiger partial charge is 0.279 e. The highest BCUT2D eigenvalue weighted by Crippen LogP contribution is 2.24. The number of benzene rings is 3. The molecule has 6 heteroatoms. The summed E-state index contributed by atoms with van der Waals surface area (Å²) in [6, 6.07) is 25.7. The standard InChI is InChI=1S/C24H24N2O4/c1-17(30-21-15-13-20(29-2)14-16-21)23(27)25-26-24(28)22(18-9-5-3-6-10-18)19-11-7-4-8-12-19/h3-17,22H,1-2H3,(H,25,27)(H,26,28). The van der Waals surface area contributed by atoms with Crippen LogP contribution in [0.15, 0.2) is 84.9 Å². The normalized spacial score (nSPS) is 11.4. The van der Waals surface area contributed by atoms with E-state index in [9.17, 15) is 9.59 Å². The molecule has 2 amide bonds. The van der Waals surface area contributed by atoms with E-state index in [0.29, 0.717) is 11.5 Å². The van der Waals surface area contributed by atoms with Crippen LogP contribution in [0.4, 0.5) is 0 Å². The van der Waals surface area contributed by atoms with Crippen molar-refractivity contribution in [2.24, 2.45) is 0 Å². The molecule has 0 aliphatic rings. The van der Waals surface area contributed by atoms with E-state index in [2.05, 4.69) is 10.9 Å². The van der Waals surface area contributed by atoms with Crippen LogP contribution < -0.4 is 20.3 Å². The predicted octanol–water partition coefficient (Wildman–Crippen LogP) is 3.44. The lowest BCUT2D eigenvalue weighted by Crippen LogP contribution is -2.48. The fourth-order valence-electron chi connectivity index (χ4n) is 3.00. The first kappa shape index (κ1) is 20.9. The zero-order valence-corrected chi connectivity index (χ0v) is 16.9. The van der Waals surface area contributed by atoms with Gasteiger partial charge in [0.05, 0.1) is 13.0 Å². The average Bonchev–Trinajstić information content (AvgIpc) is 2.79. The van der Waals surface area contributed by atoms with Gasteiger partial charge in [-0.2, -0.15) is 0 Å². The fraction of sp³-hybridized carbons (Fsp3) is 0.167. The Morgan fingerprint density at radius 3 is 1.67 bits per heavy atom. The largest absolute Gasteiger partial charge is 0.497 e. The van der Waals surface area contributed by atoms with E-state index < -0.39 is 17.9 Å². The lowest BCUT2D eigenvalue weighted by Gasteiger charge is -2.20. The Bertz CT molecular complexity index is 920. The van der Waals surface area contributed by atoms with Crippen LogP contribution >= 0.6 is 0 Å². The minimum atomic E-state index is -0.800. The Hall–Kier alpha value is -3.80. The Morgan fingerprint density at radius 1 is 0.700 bits per heavy atom. The minimum absolute atomic E-state index is 0.336. The number of methoxy groups -OCH3 is 1. The first-order valence-corrected chi connectivity index (χ1v) is 9.59. The monoisotopic (exact) mass is 404 g/mol. The molecule has 0 bridgehead atoms. The van der Waals surface area contributed by atoms with Gasteiger partial charge in [0.25, 0.3) is 5.91 Å². The molecular formula is C24H24N2O4. The van der Waals surface area contributed by atoms with Crippen molar-refractivity contribution in [2.75, 3.05) is 7.11 Å². The SMILES string of the molecule is COc1ccc(OC(C)C(=O)NNC(=O)C(c2ccccc2)c2ccccc2)cc1. The number of carbonyl (C=O) groups is 2. The topological polar surface area (TPSA) is 76.7 Å². The number of hydrogen-bond acceptors (Lipinski definition) is 4. The summed E-state index contributed by atoms with van der Waals surface area (Å²) in [6.07, 6.45) is -0.800. The van der Waals surface area contributed by atoms with Crippen LogP contribution in [0.25, 0.3) is 0 Å². The lowest BCUT2D eigenvalue weighted by molar-refractivity contribution is -0.133. The molecule has 3 aromatic rings. The van der Waals surface area contributed by atoms with Crippen LogP contribution in [0.3, 0.4) is 0 Å². The molecule has 30 heavy (non-hydrogen) atoms. The van der Waals surface area contributed by atoms with Crippen molar-refractivity contribution in [3.63, 3.8) is 0 Å². The van der Waals surface area contributed by atoms with Gasteiger partial charge in [-0.25, -0.2) is 0 Å². The number of carbonyl (C=O) groups excluding carboxylic acids is 2. The van der Waals surface area contributed by atoms with Gasteiger partial charge in [-0.1, -0.05) is 60.7 Å². The average molecular weight is 404 g/mol. The van der Waals surface area contributed by atoms with Gasteiger partial charge < -0.3 is 9.47 Å². The molecule has 6 nitrogen and oxygen atoms in total. The van der Waals surface area contributed by atoms with E-state index in [1.54, 1.807) is 38.3 Å². The molecule has 1 unspecified atom stereocenters. The van der Waals surface area contributed by atoms with Gasteiger partial charge in [0.2, 0.25) is 5.91 Å². The van der Waals surface area contributed by atoms with Crippen LogP contribution in [0.2, 0.25) is 0 Å². The van der Waals surface area contributed by atoms with Crippen LogP contribution in [-0.4, -0.2) is 25.0 Å². The van der Waals surface area contributed by atoms with Crippen LogP contribution in [0, 0.1) is 0 Å². The molecule has 3 rings (SSSR count). The molecule has 2 N–H and O–H groups in total. The van der Waals surface area contributed by atoms with E-state index in [-0.39, 0.29) is 5.91 Å². The van der Waals surface area contributed by atoms with Crippen molar-refractivity contribution in [1.29, 1.82) is 0 Å². The quantitative estimate of drug-likeness (QED) is 0.592. The van der Waals surface area contributed by atoms with Crippen molar-refractivity contribution < 1.29 is 19.1 Å². The van der Waals surface area contributed by atoms with Gasteiger partial charge in [0.1, 0.15) is 11.5 Å². The highest BCUT2D eigenvalue weighted by atomic mass is 16.5. The van der Waals surface area contributed by atoms with Crippen molar-refractivity contribution in [3.05, 3.63) is 96.1 Å². The molecule has 0 aliphatic carbocycles. The summed E-state index contributed by atoms with van der Waals surface area (Å²) in [6.45, 7) is 1.61. The maximum atomic E-state index is 12.9. The van der Waals surface area contributed by atoms with Gasteiger partial charge in [-0.3, -0.25) is 20.4 Å². The fourth-order valence-corrected chi connectivity index (χ4v) is 3.00. The predicted molar refractivity (Wildman–Crippen MR) is 114 cm³/mol. The molecule has 154 valence electrons. The van der Waals surface area contributed by atoms with E-state index in [4.69, 9.17) is 9.47 Å². The third-order valence-corrected chi connectivity index (χ3v) is 4.58. The minimum Gasteiger partial charge on any atom is -0.497 e. The first-order chi connectivity index (χ1) is 14.6. The van der Waals surface area contributed by atoms with Crippen LogP contribution in [0.5, 0.6) is 11.5 Å². The van der Waals surface area contributed by atoms with Crippen molar-refractivity contribution in [1.82, 2.24) is 10.9 Å². The molecule has 0 fully saturated rings. The second kappa shape index (κ2) is 10.1. The number of rotatable bonds is 7. The van der Waals surface area contributed by atoms with E-state index in [1.165, 1.54) is 0 Å². The number of amides is 2. The number of hydrazine groups is 1. The van der Waals surface area contributed by atoms with Gasteiger partial charge >= 0.3 is 0 Å². The molecule has 0 aromatic heterocycles. The summed E-state index contributed by atoms with van der Waals surface area (Å²) in [4.78, 5) is 25.3. The van der Waals surface area contributed by atoms with Crippen molar-refractivity contribution in [3.8, 4) is 11.5 Å². The van der Waals surface area contributed by atoms with E-state index >= 15 is 0 Å². The highest BCUT2D eigenvalue weighted by molar-refractivity contribution is 5.90. The summed E-state index contributed by atoms with van der Waals surface area (Å²) in [7, 11) is 1.58. The zero-order valence-electron chi connectivity index (χ0n) is 16.9. The van der Waals surface area contributed by atoms with Crippen molar-refractivity contribution in [2.45, 2.75) is 18.9 Å². The number of ether oxygens (including phenoxy) is 2. The molecule has 0 heterocycles. The van der Waals surface area contributed by atoms with Gasteiger partial charge in [-0.15, -0.1) is 0 Å². The Morgan fingerprint density at radius 2 is 1.17 bits per heavy atom. The third-order valence-electron chi connectivity index (χ3n) is 4.58.